The Morgan fingerprint density at radius 3 is 2.92 bits per heavy atom. The van der Waals surface area contributed by atoms with Gasteiger partial charge in [0.15, 0.2) is 5.76 Å². The molecule has 0 bridgehead atoms. The van der Waals surface area contributed by atoms with Crippen LogP contribution in [0.15, 0.2) is 22.7 Å². The molecule has 7 heteroatoms. The smallest absolute Gasteiger partial charge is 0.287 e. The molecule has 2 atom stereocenters. The summed E-state index contributed by atoms with van der Waals surface area (Å²) in [7, 11) is 0. The minimum atomic E-state index is -0.194. The number of furan rings is 1. The van der Waals surface area contributed by atoms with Crippen LogP contribution in [-0.2, 0) is 11.2 Å². The van der Waals surface area contributed by atoms with E-state index in [2.05, 4.69) is 20.6 Å². The topological polar surface area (TPSA) is 89.3 Å². The number of carbonyl (C=O) groups excluding carboxylic acids is 1. The monoisotopic (exact) mass is 344 g/mol. The first-order chi connectivity index (χ1) is 12.1. The van der Waals surface area contributed by atoms with Gasteiger partial charge < -0.3 is 19.8 Å². The van der Waals surface area contributed by atoms with Gasteiger partial charge in [0.05, 0.1) is 18.7 Å². The van der Waals surface area contributed by atoms with Gasteiger partial charge in [0.1, 0.15) is 17.4 Å². The van der Waals surface area contributed by atoms with Crippen molar-refractivity contribution in [3.8, 4) is 0 Å². The highest BCUT2D eigenvalue weighted by Crippen LogP contribution is 2.17. The fourth-order valence-corrected chi connectivity index (χ4v) is 3.00. The number of nitrogens with zero attached hydrogens (tertiary/aromatic N) is 2. The molecule has 3 heterocycles. The van der Waals surface area contributed by atoms with E-state index in [1.807, 2.05) is 26.8 Å². The maximum atomic E-state index is 12.5. The molecule has 1 aliphatic heterocycles. The molecule has 1 aliphatic rings. The molecular formula is C18H24N4O3. The van der Waals surface area contributed by atoms with Crippen molar-refractivity contribution in [3.63, 3.8) is 0 Å². The molecule has 0 spiro atoms. The van der Waals surface area contributed by atoms with E-state index in [9.17, 15) is 4.79 Å². The summed E-state index contributed by atoms with van der Waals surface area (Å²) in [6.45, 7) is 6.92. The van der Waals surface area contributed by atoms with Crippen molar-refractivity contribution in [1.29, 1.82) is 0 Å². The number of aromatic nitrogens is 2. The molecule has 1 amide bonds. The number of amides is 1. The molecule has 134 valence electrons. The van der Waals surface area contributed by atoms with Crippen molar-refractivity contribution in [2.24, 2.45) is 0 Å². The molecule has 7 nitrogen and oxygen atoms in total. The van der Waals surface area contributed by atoms with E-state index in [-0.39, 0.29) is 18.0 Å². The van der Waals surface area contributed by atoms with E-state index in [1.54, 1.807) is 12.3 Å². The van der Waals surface area contributed by atoms with Gasteiger partial charge in [-0.25, -0.2) is 9.97 Å². The quantitative estimate of drug-likeness (QED) is 0.865. The van der Waals surface area contributed by atoms with Gasteiger partial charge >= 0.3 is 0 Å². The Labute approximate surface area is 147 Å². The number of aryl methyl sites for hydroxylation is 3. The van der Waals surface area contributed by atoms with Crippen molar-refractivity contribution < 1.29 is 13.9 Å². The van der Waals surface area contributed by atoms with Crippen LogP contribution >= 0.6 is 0 Å². The van der Waals surface area contributed by atoms with Gasteiger partial charge in [0.2, 0.25) is 0 Å². The van der Waals surface area contributed by atoms with Gasteiger partial charge in [-0.3, -0.25) is 4.79 Å². The highest BCUT2D eigenvalue weighted by Gasteiger charge is 2.28. The number of hydrogen-bond donors (Lipinski definition) is 2. The van der Waals surface area contributed by atoms with Crippen molar-refractivity contribution in [2.45, 2.75) is 45.7 Å². The number of rotatable bonds is 5. The first-order valence-electron chi connectivity index (χ1n) is 8.61. The lowest BCUT2D eigenvalue weighted by molar-refractivity contribution is 0.0609. The van der Waals surface area contributed by atoms with E-state index >= 15 is 0 Å². The average molecular weight is 344 g/mol. The highest BCUT2D eigenvalue weighted by molar-refractivity contribution is 5.92. The molecule has 2 N–H and O–H groups in total. The fourth-order valence-electron chi connectivity index (χ4n) is 3.00. The number of nitrogens with one attached hydrogen (secondary N) is 2. The van der Waals surface area contributed by atoms with Gasteiger partial charge in [-0.2, -0.15) is 0 Å². The molecule has 0 radical (unpaired) electrons. The molecule has 25 heavy (non-hydrogen) atoms. The maximum absolute atomic E-state index is 12.5. The van der Waals surface area contributed by atoms with Crippen LogP contribution in [0.5, 0.6) is 0 Å². The van der Waals surface area contributed by atoms with Gasteiger partial charge in [-0.05, 0) is 38.0 Å². The summed E-state index contributed by atoms with van der Waals surface area (Å²) in [4.78, 5) is 21.0. The van der Waals surface area contributed by atoms with E-state index < -0.39 is 0 Å². The lowest BCUT2D eigenvalue weighted by atomic mass is 10.0. The molecule has 0 aliphatic carbocycles. The molecule has 1 fully saturated rings. The minimum absolute atomic E-state index is 0.0614. The summed E-state index contributed by atoms with van der Waals surface area (Å²) in [5.74, 6) is 2.44. The van der Waals surface area contributed by atoms with E-state index in [1.165, 1.54) is 0 Å². The Kier molecular flexibility index (Phi) is 5.33. The molecule has 2 aromatic heterocycles. The fraction of sp³-hybridized carbons (Fsp3) is 0.500. The Hall–Kier alpha value is -2.41. The molecule has 1 saturated heterocycles. The van der Waals surface area contributed by atoms with Crippen molar-refractivity contribution in [3.05, 3.63) is 41.2 Å². The van der Waals surface area contributed by atoms with Crippen LogP contribution in [0.4, 0.5) is 5.82 Å². The SMILES string of the molecule is CCc1oc(C(=O)N[C@H]2CCOC[C@H]2Nc2ccnc(C)n2)cc1C. The second-order valence-corrected chi connectivity index (χ2v) is 6.25. The molecule has 0 aromatic carbocycles. The van der Waals surface area contributed by atoms with Gasteiger partial charge in [0.25, 0.3) is 5.91 Å². The van der Waals surface area contributed by atoms with E-state index in [4.69, 9.17) is 9.15 Å². The van der Waals surface area contributed by atoms with Crippen LogP contribution < -0.4 is 10.6 Å². The van der Waals surface area contributed by atoms with Gasteiger partial charge in [-0.1, -0.05) is 6.92 Å². The number of carbonyl (C=O) groups is 1. The zero-order valence-electron chi connectivity index (χ0n) is 14.8. The first kappa shape index (κ1) is 17.4. The summed E-state index contributed by atoms with van der Waals surface area (Å²) in [6.07, 6.45) is 3.21. The maximum Gasteiger partial charge on any atom is 0.287 e. The van der Waals surface area contributed by atoms with Crippen LogP contribution in [0.25, 0.3) is 0 Å². The molecule has 0 unspecified atom stereocenters. The van der Waals surface area contributed by atoms with Crippen LogP contribution in [0.1, 0.15) is 41.0 Å². The average Bonchev–Trinajstić information content (AvgIpc) is 2.98. The minimum Gasteiger partial charge on any atom is -0.456 e. The van der Waals surface area contributed by atoms with E-state index in [0.29, 0.717) is 24.8 Å². The summed E-state index contributed by atoms with van der Waals surface area (Å²) < 4.78 is 11.2. The zero-order valence-corrected chi connectivity index (χ0v) is 14.8. The largest absolute Gasteiger partial charge is 0.456 e. The zero-order chi connectivity index (χ0) is 17.8. The standard InChI is InChI=1S/C18H24N4O3/c1-4-15-11(2)9-16(25-15)18(23)22-13-6-8-24-10-14(13)21-17-5-7-19-12(3)20-17/h5,7,9,13-14H,4,6,8,10H2,1-3H3,(H,22,23)(H,19,20,21)/t13-,14+/m0/s1. The summed E-state index contributed by atoms with van der Waals surface area (Å²) >= 11 is 0. The van der Waals surface area contributed by atoms with Crippen LogP contribution in [0.3, 0.4) is 0 Å². The molecule has 2 aromatic rings. The number of hydrogen-bond acceptors (Lipinski definition) is 6. The molecule has 0 saturated carbocycles. The van der Waals surface area contributed by atoms with Gasteiger partial charge in [0, 0.05) is 19.2 Å². The van der Waals surface area contributed by atoms with E-state index in [0.717, 1.165) is 30.0 Å². The van der Waals surface area contributed by atoms with Crippen LogP contribution in [-0.4, -0.2) is 41.2 Å². The van der Waals surface area contributed by atoms with Crippen LogP contribution in [0.2, 0.25) is 0 Å². The number of anilines is 1. The third-order valence-electron chi connectivity index (χ3n) is 4.35. The Morgan fingerprint density at radius 2 is 2.20 bits per heavy atom. The van der Waals surface area contributed by atoms with Crippen molar-refractivity contribution >= 4 is 11.7 Å². The normalized spacial score (nSPS) is 20.3. The van der Waals surface area contributed by atoms with Crippen LogP contribution in [0, 0.1) is 13.8 Å². The summed E-state index contributed by atoms with van der Waals surface area (Å²) in [6, 6.07) is 3.48. The third-order valence-corrected chi connectivity index (χ3v) is 4.35. The van der Waals surface area contributed by atoms with Crippen molar-refractivity contribution in [1.82, 2.24) is 15.3 Å². The summed E-state index contributed by atoms with van der Waals surface area (Å²) in [5.41, 5.74) is 1.01. The Morgan fingerprint density at radius 1 is 1.36 bits per heavy atom. The van der Waals surface area contributed by atoms with Crippen molar-refractivity contribution in [2.75, 3.05) is 18.5 Å². The first-order valence-corrected chi connectivity index (χ1v) is 8.61. The lowest BCUT2D eigenvalue weighted by Gasteiger charge is -2.32. The summed E-state index contributed by atoms with van der Waals surface area (Å²) in [5, 5.41) is 6.40. The predicted octanol–water partition coefficient (Wildman–Crippen LogP) is 2.25. The molecular weight excluding hydrogens is 320 g/mol. The second kappa shape index (κ2) is 7.65. The lowest BCUT2D eigenvalue weighted by Crippen LogP contribution is -2.52. The molecule has 3 rings (SSSR count). The van der Waals surface area contributed by atoms with Gasteiger partial charge in [-0.15, -0.1) is 0 Å². The third kappa shape index (κ3) is 4.17. The number of ether oxygens (including phenoxy) is 1. The highest BCUT2D eigenvalue weighted by atomic mass is 16.5. The Bertz CT molecular complexity index is 744. The second-order valence-electron chi connectivity index (χ2n) is 6.25. The predicted molar refractivity (Wildman–Crippen MR) is 93.7 cm³/mol. The Balaban J connectivity index is 1.69.